The molecular weight excluding hydrogens is 292 g/mol. The van der Waals surface area contributed by atoms with E-state index in [-0.39, 0.29) is 0 Å². The van der Waals surface area contributed by atoms with E-state index in [4.69, 9.17) is 16.3 Å². The smallest absolute Gasteiger partial charge is 0.107 e. The number of hydrogen-bond donors (Lipinski definition) is 1. The van der Waals surface area contributed by atoms with Crippen LogP contribution in [-0.2, 0) is 24.5 Å². The maximum atomic E-state index is 5.84. The monoisotopic (exact) mass is 310 g/mol. The lowest BCUT2D eigenvalue weighted by Crippen LogP contribution is -2.21. The van der Waals surface area contributed by atoms with Gasteiger partial charge in [0.05, 0.1) is 18.9 Å². The summed E-state index contributed by atoms with van der Waals surface area (Å²) >= 11 is 7.51. The SMILES string of the molecule is CC(C)NCc1nc(COCc2ccc(Cl)cc2)cs1. The van der Waals surface area contributed by atoms with Crippen molar-refractivity contribution in [3.63, 3.8) is 0 Å². The molecule has 1 aromatic heterocycles. The minimum absolute atomic E-state index is 0.475. The van der Waals surface area contributed by atoms with E-state index in [0.717, 1.165) is 27.8 Å². The lowest BCUT2D eigenvalue weighted by atomic mass is 10.2. The fourth-order valence-corrected chi connectivity index (χ4v) is 2.50. The van der Waals surface area contributed by atoms with Gasteiger partial charge in [0, 0.05) is 23.0 Å². The minimum atomic E-state index is 0.475. The lowest BCUT2D eigenvalue weighted by Gasteiger charge is -2.04. The molecule has 0 saturated heterocycles. The molecule has 2 rings (SSSR count). The van der Waals surface area contributed by atoms with Gasteiger partial charge in [-0.15, -0.1) is 11.3 Å². The lowest BCUT2D eigenvalue weighted by molar-refractivity contribution is 0.105. The first-order valence-corrected chi connectivity index (χ1v) is 7.88. The topological polar surface area (TPSA) is 34.2 Å². The van der Waals surface area contributed by atoms with Crippen molar-refractivity contribution in [1.82, 2.24) is 10.3 Å². The molecule has 20 heavy (non-hydrogen) atoms. The van der Waals surface area contributed by atoms with Gasteiger partial charge in [-0.1, -0.05) is 37.6 Å². The highest BCUT2D eigenvalue weighted by atomic mass is 35.5. The Labute approximate surface area is 129 Å². The molecule has 1 N–H and O–H groups in total. The van der Waals surface area contributed by atoms with Gasteiger partial charge in [0.2, 0.25) is 0 Å². The second-order valence-corrected chi connectivity index (χ2v) is 6.27. The van der Waals surface area contributed by atoms with E-state index in [1.807, 2.05) is 24.3 Å². The molecule has 1 aromatic carbocycles. The standard InChI is InChI=1S/C15H19ClN2OS/c1-11(2)17-7-15-18-14(10-20-15)9-19-8-12-3-5-13(16)6-4-12/h3-6,10-11,17H,7-9H2,1-2H3. The van der Waals surface area contributed by atoms with Gasteiger partial charge in [0.25, 0.3) is 0 Å². The van der Waals surface area contributed by atoms with Crippen LogP contribution in [0.3, 0.4) is 0 Å². The normalized spacial score (nSPS) is 11.2. The second-order valence-electron chi connectivity index (χ2n) is 4.89. The largest absolute Gasteiger partial charge is 0.370 e. The fourth-order valence-electron chi connectivity index (χ4n) is 1.64. The van der Waals surface area contributed by atoms with Crippen molar-refractivity contribution in [1.29, 1.82) is 0 Å². The molecule has 0 atom stereocenters. The van der Waals surface area contributed by atoms with Crippen molar-refractivity contribution in [3.8, 4) is 0 Å². The quantitative estimate of drug-likeness (QED) is 0.839. The number of hydrogen-bond acceptors (Lipinski definition) is 4. The summed E-state index contributed by atoms with van der Waals surface area (Å²) in [6.45, 7) is 6.20. The number of thiazole rings is 1. The van der Waals surface area contributed by atoms with Gasteiger partial charge in [-0.2, -0.15) is 0 Å². The number of halogens is 1. The molecule has 0 saturated carbocycles. The number of nitrogens with zero attached hydrogens (tertiary/aromatic N) is 1. The molecule has 0 amide bonds. The van der Waals surface area contributed by atoms with Gasteiger partial charge in [0.15, 0.2) is 0 Å². The van der Waals surface area contributed by atoms with Crippen molar-refractivity contribution in [2.24, 2.45) is 0 Å². The Hall–Kier alpha value is -0.940. The molecular formula is C15H19ClN2OS. The Bertz CT molecular complexity index is 525. The van der Waals surface area contributed by atoms with Crippen molar-refractivity contribution < 1.29 is 4.74 Å². The van der Waals surface area contributed by atoms with Gasteiger partial charge < -0.3 is 10.1 Å². The van der Waals surface area contributed by atoms with Gasteiger partial charge in [-0.05, 0) is 17.7 Å². The molecule has 3 nitrogen and oxygen atoms in total. The van der Waals surface area contributed by atoms with Crippen molar-refractivity contribution >= 4 is 22.9 Å². The van der Waals surface area contributed by atoms with Crippen LogP contribution in [0.1, 0.15) is 30.1 Å². The van der Waals surface area contributed by atoms with E-state index < -0.39 is 0 Å². The van der Waals surface area contributed by atoms with Gasteiger partial charge in [-0.25, -0.2) is 4.98 Å². The number of nitrogens with one attached hydrogen (secondary N) is 1. The first-order valence-electron chi connectivity index (χ1n) is 6.62. The predicted molar refractivity (Wildman–Crippen MR) is 84.0 cm³/mol. The van der Waals surface area contributed by atoms with E-state index in [1.54, 1.807) is 11.3 Å². The Balaban J connectivity index is 1.75. The summed E-state index contributed by atoms with van der Waals surface area (Å²) in [6.07, 6.45) is 0. The zero-order chi connectivity index (χ0) is 14.4. The third kappa shape index (κ3) is 5.21. The predicted octanol–water partition coefficient (Wildman–Crippen LogP) is 4.01. The van der Waals surface area contributed by atoms with Crippen molar-refractivity contribution in [3.05, 3.63) is 50.9 Å². The molecule has 0 aliphatic heterocycles. The fraction of sp³-hybridized carbons (Fsp3) is 0.400. The Kier molecular flexibility index (Phi) is 5.98. The summed E-state index contributed by atoms with van der Waals surface area (Å²) in [5, 5.41) is 7.26. The van der Waals surface area contributed by atoms with Crippen LogP contribution in [-0.4, -0.2) is 11.0 Å². The third-order valence-electron chi connectivity index (χ3n) is 2.69. The highest BCUT2D eigenvalue weighted by Crippen LogP contribution is 2.13. The first-order chi connectivity index (χ1) is 9.63. The van der Waals surface area contributed by atoms with Crippen LogP contribution in [0.25, 0.3) is 0 Å². The van der Waals surface area contributed by atoms with E-state index in [1.165, 1.54) is 0 Å². The van der Waals surface area contributed by atoms with E-state index in [2.05, 4.69) is 29.5 Å². The van der Waals surface area contributed by atoms with Crippen LogP contribution in [0.15, 0.2) is 29.6 Å². The van der Waals surface area contributed by atoms with Crippen LogP contribution in [0, 0.1) is 0 Å². The van der Waals surface area contributed by atoms with Gasteiger partial charge in [-0.3, -0.25) is 0 Å². The molecule has 0 radical (unpaired) electrons. The molecule has 0 fully saturated rings. The van der Waals surface area contributed by atoms with Crippen LogP contribution in [0.5, 0.6) is 0 Å². The molecule has 0 bridgehead atoms. The van der Waals surface area contributed by atoms with E-state index in [9.17, 15) is 0 Å². The summed E-state index contributed by atoms with van der Waals surface area (Å²) in [4.78, 5) is 4.54. The zero-order valence-corrected chi connectivity index (χ0v) is 13.3. The highest BCUT2D eigenvalue weighted by Gasteiger charge is 2.03. The van der Waals surface area contributed by atoms with E-state index in [0.29, 0.717) is 19.3 Å². The number of rotatable bonds is 7. The molecule has 108 valence electrons. The summed E-state index contributed by atoms with van der Waals surface area (Å²) in [7, 11) is 0. The summed E-state index contributed by atoms with van der Waals surface area (Å²) in [5.41, 5.74) is 2.11. The maximum Gasteiger partial charge on any atom is 0.107 e. The van der Waals surface area contributed by atoms with Crippen LogP contribution < -0.4 is 5.32 Å². The Morgan fingerprint density at radius 2 is 2.00 bits per heavy atom. The average Bonchev–Trinajstić information content (AvgIpc) is 2.87. The number of ether oxygens (including phenoxy) is 1. The van der Waals surface area contributed by atoms with Crippen LogP contribution >= 0.6 is 22.9 Å². The number of benzene rings is 1. The maximum absolute atomic E-state index is 5.84. The van der Waals surface area contributed by atoms with Crippen LogP contribution in [0.4, 0.5) is 0 Å². The molecule has 0 aliphatic rings. The van der Waals surface area contributed by atoms with E-state index >= 15 is 0 Å². The first kappa shape index (κ1) is 15.4. The summed E-state index contributed by atoms with van der Waals surface area (Å²) in [5.74, 6) is 0. The highest BCUT2D eigenvalue weighted by molar-refractivity contribution is 7.09. The summed E-state index contributed by atoms with van der Waals surface area (Å²) < 4.78 is 5.67. The van der Waals surface area contributed by atoms with Crippen LogP contribution in [0.2, 0.25) is 5.02 Å². The second kappa shape index (κ2) is 7.74. The van der Waals surface area contributed by atoms with Gasteiger partial charge in [0.1, 0.15) is 5.01 Å². The molecule has 2 aromatic rings. The Morgan fingerprint density at radius 1 is 1.25 bits per heavy atom. The number of aromatic nitrogens is 1. The van der Waals surface area contributed by atoms with Crippen molar-refractivity contribution in [2.45, 2.75) is 39.6 Å². The minimum Gasteiger partial charge on any atom is -0.370 e. The molecule has 0 spiro atoms. The third-order valence-corrected chi connectivity index (χ3v) is 3.84. The zero-order valence-electron chi connectivity index (χ0n) is 11.7. The average molecular weight is 311 g/mol. The molecule has 0 aliphatic carbocycles. The summed E-state index contributed by atoms with van der Waals surface area (Å²) in [6, 6.07) is 8.17. The Morgan fingerprint density at radius 3 is 2.70 bits per heavy atom. The van der Waals surface area contributed by atoms with Gasteiger partial charge >= 0.3 is 0 Å². The molecule has 0 unspecified atom stereocenters. The molecule has 5 heteroatoms. The van der Waals surface area contributed by atoms with Crippen molar-refractivity contribution in [2.75, 3.05) is 0 Å². The molecule has 1 heterocycles.